The number of benzene rings is 1. The minimum absolute atomic E-state index is 0.756. The summed E-state index contributed by atoms with van der Waals surface area (Å²) in [4.78, 5) is 5.98. The van der Waals surface area contributed by atoms with Crippen LogP contribution in [0.4, 0.5) is 5.69 Å². The summed E-state index contributed by atoms with van der Waals surface area (Å²) in [7, 11) is 0. The molecule has 2 N–H and O–H groups in total. The van der Waals surface area contributed by atoms with E-state index in [4.69, 9.17) is 22.3 Å². The van der Waals surface area contributed by atoms with Gasteiger partial charge in [0.15, 0.2) is 0 Å². The molecule has 2 nitrogen and oxygen atoms in total. The summed E-state index contributed by atoms with van der Waals surface area (Å²) in [5, 5.41) is 0.756. The van der Waals surface area contributed by atoms with Gasteiger partial charge in [-0.05, 0) is 48.6 Å². The fourth-order valence-electron chi connectivity index (χ4n) is 2.84. The van der Waals surface area contributed by atoms with Crippen molar-refractivity contribution in [3.05, 3.63) is 46.6 Å². The largest absolute Gasteiger partial charge is 0.397 e. The first kappa shape index (κ1) is 12.2. The molecule has 0 fully saturated rings. The Labute approximate surface area is 126 Å². The monoisotopic (exact) mass is 300 g/mol. The van der Waals surface area contributed by atoms with Crippen molar-refractivity contribution in [3.63, 3.8) is 0 Å². The summed E-state index contributed by atoms with van der Waals surface area (Å²) >= 11 is 7.66. The summed E-state index contributed by atoms with van der Waals surface area (Å²) in [6.07, 6.45) is 3.30. The molecule has 0 spiro atoms. The molecule has 0 amide bonds. The van der Waals surface area contributed by atoms with Gasteiger partial charge in [-0.3, -0.25) is 4.98 Å². The Hall–Kier alpha value is -1.58. The number of nitrogen functional groups attached to an aromatic ring is 1. The van der Waals surface area contributed by atoms with Gasteiger partial charge in [0.25, 0.3) is 0 Å². The van der Waals surface area contributed by atoms with E-state index in [9.17, 15) is 0 Å². The van der Waals surface area contributed by atoms with Crippen LogP contribution in [0, 0.1) is 0 Å². The number of nitrogens with zero attached hydrogens (tertiary/aromatic N) is 1. The van der Waals surface area contributed by atoms with E-state index in [1.54, 1.807) is 11.3 Å². The fourth-order valence-corrected chi connectivity index (χ4v) is 4.05. The lowest BCUT2D eigenvalue weighted by Gasteiger charge is -2.03. The van der Waals surface area contributed by atoms with Gasteiger partial charge in [-0.2, -0.15) is 0 Å². The summed E-state index contributed by atoms with van der Waals surface area (Å²) in [6.45, 7) is 0. The minimum Gasteiger partial charge on any atom is -0.397 e. The van der Waals surface area contributed by atoms with E-state index < -0.39 is 0 Å². The van der Waals surface area contributed by atoms with Crippen LogP contribution < -0.4 is 5.73 Å². The van der Waals surface area contributed by atoms with Crippen molar-refractivity contribution in [3.8, 4) is 10.4 Å². The van der Waals surface area contributed by atoms with Gasteiger partial charge in [-0.25, -0.2) is 0 Å². The zero-order valence-corrected chi connectivity index (χ0v) is 12.4. The Morgan fingerprint density at radius 3 is 2.75 bits per heavy atom. The molecule has 20 heavy (non-hydrogen) atoms. The van der Waals surface area contributed by atoms with Gasteiger partial charge in [0.2, 0.25) is 0 Å². The topological polar surface area (TPSA) is 38.9 Å². The van der Waals surface area contributed by atoms with Gasteiger partial charge < -0.3 is 5.73 Å². The molecule has 1 aromatic carbocycles. The van der Waals surface area contributed by atoms with Crippen LogP contribution in [-0.4, -0.2) is 4.98 Å². The second kappa shape index (κ2) is 4.47. The minimum atomic E-state index is 0.756. The van der Waals surface area contributed by atoms with Crippen molar-refractivity contribution in [2.24, 2.45) is 0 Å². The van der Waals surface area contributed by atoms with Crippen molar-refractivity contribution in [1.82, 2.24) is 4.98 Å². The third kappa shape index (κ3) is 1.81. The number of rotatable bonds is 1. The number of aromatic nitrogens is 1. The third-order valence-electron chi connectivity index (χ3n) is 3.86. The number of hydrogen-bond acceptors (Lipinski definition) is 3. The number of thiophene rings is 1. The summed E-state index contributed by atoms with van der Waals surface area (Å²) in [6, 6.07) is 10.0. The lowest BCUT2D eigenvalue weighted by Crippen LogP contribution is -1.96. The Kier molecular flexibility index (Phi) is 2.72. The maximum Gasteiger partial charge on any atom is 0.0840 e. The van der Waals surface area contributed by atoms with Crippen molar-refractivity contribution in [2.45, 2.75) is 19.3 Å². The molecule has 1 aliphatic rings. The molecule has 0 bridgehead atoms. The molecule has 0 unspecified atom stereocenters. The molecular formula is C16H13ClN2S. The number of anilines is 1. The fraction of sp³-hybridized carbons (Fsp3) is 0.188. The molecule has 100 valence electrons. The van der Waals surface area contributed by atoms with Crippen molar-refractivity contribution in [2.75, 3.05) is 5.73 Å². The molecule has 2 heterocycles. The normalized spacial score (nSPS) is 13.8. The van der Waals surface area contributed by atoms with Gasteiger partial charge in [0.05, 0.1) is 15.9 Å². The first-order valence-electron chi connectivity index (χ1n) is 6.69. The average molecular weight is 301 g/mol. The van der Waals surface area contributed by atoms with Gasteiger partial charge in [-0.15, -0.1) is 11.3 Å². The number of halogens is 1. The molecular weight excluding hydrogens is 288 g/mol. The van der Waals surface area contributed by atoms with Crippen LogP contribution in [0.15, 0.2) is 30.3 Å². The second-order valence-electron chi connectivity index (χ2n) is 5.14. The smallest absolute Gasteiger partial charge is 0.0840 e. The number of aryl methyl sites for hydroxylation is 1. The maximum atomic E-state index is 6.34. The van der Waals surface area contributed by atoms with Crippen LogP contribution in [0.2, 0.25) is 5.02 Å². The molecule has 0 radical (unpaired) electrons. The molecule has 2 aromatic heterocycles. The van der Waals surface area contributed by atoms with Crippen LogP contribution in [0.5, 0.6) is 0 Å². The number of nitrogens with two attached hydrogens (primary N) is 1. The average Bonchev–Trinajstić information content (AvgIpc) is 3.06. The highest BCUT2D eigenvalue weighted by Crippen LogP contribution is 2.40. The lowest BCUT2D eigenvalue weighted by molar-refractivity contribution is 0.901. The van der Waals surface area contributed by atoms with Crippen molar-refractivity contribution in [1.29, 1.82) is 0 Å². The number of pyridine rings is 1. The molecule has 4 rings (SSSR count). The Morgan fingerprint density at radius 1 is 1.15 bits per heavy atom. The highest BCUT2D eigenvalue weighted by molar-refractivity contribution is 7.22. The number of fused-ring (bicyclic) bond motifs is 2. The Balaban J connectivity index is 1.91. The standard InChI is InChI=1S/C16H13ClN2S/c17-10-6-4-9(5-7-10)14-8-13-16(20-14)15(18)11-2-1-3-12(11)19-13/h4-8H,1-3H2,(H2,18,19). The summed E-state index contributed by atoms with van der Waals surface area (Å²) in [5.74, 6) is 0. The molecule has 1 aliphatic carbocycles. The van der Waals surface area contributed by atoms with Gasteiger partial charge in [-0.1, -0.05) is 23.7 Å². The van der Waals surface area contributed by atoms with Crippen LogP contribution in [0.3, 0.4) is 0 Å². The van der Waals surface area contributed by atoms with E-state index in [2.05, 4.69) is 6.07 Å². The first-order valence-corrected chi connectivity index (χ1v) is 7.88. The predicted molar refractivity (Wildman–Crippen MR) is 86.5 cm³/mol. The highest BCUT2D eigenvalue weighted by Gasteiger charge is 2.19. The van der Waals surface area contributed by atoms with E-state index in [1.165, 1.54) is 22.6 Å². The Morgan fingerprint density at radius 2 is 1.95 bits per heavy atom. The quantitative estimate of drug-likeness (QED) is 0.708. The van der Waals surface area contributed by atoms with Crippen LogP contribution >= 0.6 is 22.9 Å². The third-order valence-corrected chi connectivity index (χ3v) is 5.31. The summed E-state index contributed by atoms with van der Waals surface area (Å²) < 4.78 is 1.12. The maximum absolute atomic E-state index is 6.34. The van der Waals surface area contributed by atoms with Crippen molar-refractivity contribution < 1.29 is 0 Å². The van der Waals surface area contributed by atoms with E-state index in [0.29, 0.717) is 0 Å². The molecule has 0 atom stereocenters. The van der Waals surface area contributed by atoms with Crippen LogP contribution in [0.25, 0.3) is 20.7 Å². The Bertz CT molecular complexity index is 805. The highest BCUT2D eigenvalue weighted by atomic mass is 35.5. The van der Waals surface area contributed by atoms with E-state index >= 15 is 0 Å². The molecule has 4 heteroatoms. The SMILES string of the molecule is Nc1c2c(nc3cc(-c4ccc(Cl)cc4)sc13)CCC2. The molecule has 0 aliphatic heterocycles. The first-order chi connectivity index (χ1) is 9.72. The zero-order valence-electron chi connectivity index (χ0n) is 10.8. The zero-order chi connectivity index (χ0) is 13.7. The van der Waals surface area contributed by atoms with Gasteiger partial charge in [0, 0.05) is 15.6 Å². The van der Waals surface area contributed by atoms with Crippen LogP contribution in [0.1, 0.15) is 17.7 Å². The van der Waals surface area contributed by atoms with E-state index in [0.717, 1.165) is 39.3 Å². The summed E-state index contributed by atoms with van der Waals surface area (Å²) in [5.41, 5.74) is 11.9. The molecule has 0 saturated heterocycles. The lowest BCUT2D eigenvalue weighted by atomic mass is 10.1. The van der Waals surface area contributed by atoms with Gasteiger partial charge >= 0.3 is 0 Å². The van der Waals surface area contributed by atoms with Crippen molar-refractivity contribution >= 4 is 38.8 Å². The second-order valence-corrected chi connectivity index (χ2v) is 6.62. The molecule has 0 saturated carbocycles. The van der Waals surface area contributed by atoms with E-state index in [-0.39, 0.29) is 0 Å². The molecule has 3 aromatic rings. The van der Waals surface area contributed by atoms with Gasteiger partial charge in [0.1, 0.15) is 0 Å². The van der Waals surface area contributed by atoms with E-state index in [1.807, 2.05) is 24.3 Å². The predicted octanol–water partition coefficient (Wildman–Crippen LogP) is 4.69. The van der Waals surface area contributed by atoms with Crippen LogP contribution in [-0.2, 0) is 12.8 Å². The number of hydrogen-bond donors (Lipinski definition) is 1.